The van der Waals surface area contributed by atoms with Gasteiger partial charge in [0.25, 0.3) is 0 Å². The third kappa shape index (κ3) is 3.10. The zero-order chi connectivity index (χ0) is 14.8. The second-order valence-corrected chi connectivity index (χ2v) is 6.60. The van der Waals surface area contributed by atoms with Gasteiger partial charge in [-0.25, -0.2) is 0 Å². The number of aliphatic hydroxyl groups is 4. The number of hydrogen-bond donors (Lipinski definition) is 4. The zero-order valence-electron chi connectivity index (χ0n) is 10.6. The van der Waals surface area contributed by atoms with Gasteiger partial charge >= 0.3 is 7.60 Å². The highest BCUT2D eigenvalue weighted by molar-refractivity contribution is 7.54. The normalized spacial score (nSPS) is 37.8. The minimum atomic E-state index is -4.05. The van der Waals surface area contributed by atoms with Crippen LogP contribution in [0.15, 0.2) is 30.3 Å². The smallest absolute Gasteiger partial charge is 0.362 e. The van der Waals surface area contributed by atoms with Crippen LogP contribution in [0.4, 0.5) is 0 Å². The largest absolute Gasteiger partial charge is 0.394 e. The lowest BCUT2D eigenvalue weighted by Gasteiger charge is -2.38. The molecule has 7 nitrogen and oxygen atoms in total. The van der Waals surface area contributed by atoms with E-state index < -0.39 is 38.4 Å². The minimum Gasteiger partial charge on any atom is -0.394 e. The van der Waals surface area contributed by atoms with Gasteiger partial charge in [-0.3, -0.25) is 9.09 Å². The van der Waals surface area contributed by atoms with Crippen molar-refractivity contribution in [1.29, 1.82) is 0 Å². The molecular weight excluding hydrogens is 287 g/mol. The van der Waals surface area contributed by atoms with E-state index in [2.05, 4.69) is 0 Å². The van der Waals surface area contributed by atoms with Gasteiger partial charge in [-0.2, -0.15) is 0 Å². The van der Waals surface area contributed by atoms with Crippen LogP contribution < -0.4 is 0 Å². The molecule has 4 N–H and O–H groups in total. The molecular formula is C12H17O7P. The number of rotatable bonds is 4. The molecule has 0 unspecified atom stereocenters. The standard InChI is InChI=1S/C12H17O7P/c13-6-9-10(14)11(15)12(16)20(17,19-9)18-7-8-4-2-1-3-5-8/h1-5,9-16H,6-7H2/t9-,10-,11-,12+,20+/m1/s1. The lowest BCUT2D eigenvalue weighted by molar-refractivity contribution is -0.125. The Labute approximate surface area is 115 Å². The van der Waals surface area contributed by atoms with E-state index in [4.69, 9.17) is 14.2 Å². The molecule has 1 fully saturated rings. The van der Waals surface area contributed by atoms with Gasteiger partial charge in [0.2, 0.25) is 0 Å². The van der Waals surface area contributed by atoms with Crippen molar-refractivity contribution in [1.82, 2.24) is 0 Å². The molecule has 0 radical (unpaired) electrons. The van der Waals surface area contributed by atoms with Crippen molar-refractivity contribution in [3.05, 3.63) is 35.9 Å². The Morgan fingerprint density at radius 2 is 1.80 bits per heavy atom. The first-order valence-electron chi connectivity index (χ1n) is 6.09. The molecule has 8 heteroatoms. The maximum absolute atomic E-state index is 12.4. The molecule has 2 rings (SSSR count). The Kier molecular flexibility index (Phi) is 4.93. The summed E-state index contributed by atoms with van der Waals surface area (Å²) < 4.78 is 22.5. The minimum absolute atomic E-state index is 0.0872. The van der Waals surface area contributed by atoms with Crippen molar-refractivity contribution < 1.29 is 34.0 Å². The van der Waals surface area contributed by atoms with Crippen LogP contribution in [0.3, 0.4) is 0 Å². The van der Waals surface area contributed by atoms with E-state index in [9.17, 15) is 19.9 Å². The molecule has 0 saturated carbocycles. The van der Waals surface area contributed by atoms with Crippen LogP contribution in [-0.2, 0) is 20.2 Å². The fourth-order valence-electron chi connectivity index (χ4n) is 1.88. The van der Waals surface area contributed by atoms with Gasteiger partial charge < -0.3 is 24.9 Å². The second kappa shape index (κ2) is 6.32. The SMILES string of the molecule is O=[P@@]1(OCc2ccccc2)O[C@H](CO)[C@@H](O)[C@@H](O)[C@H]1O. The molecule has 1 saturated heterocycles. The Bertz CT molecular complexity index is 478. The van der Waals surface area contributed by atoms with E-state index in [-0.39, 0.29) is 6.61 Å². The lowest BCUT2D eigenvalue weighted by Crippen LogP contribution is -2.51. The molecule has 112 valence electrons. The molecule has 0 aromatic heterocycles. The van der Waals surface area contributed by atoms with Gasteiger partial charge in [0.1, 0.15) is 18.3 Å². The third-order valence-electron chi connectivity index (χ3n) is 3.08. The molecule has 1 heterocycles. The third-order valence-corrected chi connectivity index (χ3v) is 5.08. The summed E-state index contributed by atoms with van der Waals surface area (Å²) in [6.07, 6.45) is -4.50. The fraction of sp³-hybridized carbons (Fsp3) is 0.500. The van der Waals surface area contributed by atoms with E-state index in [0.717, 1.165) is 0 Å². The van der Waals surface area contributed by atoms with E-state index in [0.29, 0.717) is 5.56 Å². The van der Waals surface area contributed by atoms with Crippen LogP contribution in [0.2, 0.25) is 0 Å². The van der Waals surface area contributed by atoms with Crippen LogP contribution in [0, 0.1) is 0 Å². The van der Waals surface area contributed by atoms with E-state index >= 15 is 0 Å². The summed E-state index contributed by atoms with van der Waals surface area (Å²) in [4.78, 5) is 0. The average molecular weight is 304 g/mol. The van der Waals surface area contributed by atoms with E-state index in [1.807, 2.05) is 0 Å². The van der Waals surface area contributed by atoms with Gasteiger partial charge in [-0.1, -0.05) is 30.3 Å². The molecule has 0 spiro atoms. The van der Waals surface area contributed by atoms with Crippen molar-refractivity contribution in [2.24, 2.45) is 0 Å². The molecule has 0 aliphatic carbocycles. The highest BCUT2D eigenvalue weighted by Crippen LogP contribution is 2.58. The fourth-order valence-corrected chi connectivity index (χ4v) is 3.67. The van der Waals surface area contributed by atoms with Crippen molar-refractivity contribution in [2.75, 3.05) is 6.61 Å². The molecule has 1 aliphatic heterocycles. The summed E-state index contributed by atoms with van der Waals surface area (Å²) in [7, 11) is -4.05. The molecule has 1 aromatic rings. The van der Waals surface area contributed by atoms with Crippen molar-refractivity contribution >= 4 is 7.60 Å². The molecule has 0 amide bonds. The predicted molar refractivity (Wildman–Crippen MR) is 68.8 cm³/mol. The molecule has 0 bridgehead atoms. The van der Waals surface area contributed by atoms with Crippen LogP contribution >= 0.6 is 7.60 Å². The number of hydrogen-bond acceptors (Lipinski definition) is 7. The Morgan fingerprint density at radius 1 is 1.15 bits per heavy atom. The highest BCUT2D eigenvalue weighted by Gasteiger charge is 2.51. The van der Waals surface area contributed by atoms with Crippen LogP contribution in [0.25, 0.3) is 0 Å². The summed E-state index contributed by atoms with van der Waals surface area (Å²) in [6, 6.07) is 8.80. The van der Waals surface area contributed by atoms with E-state index in [1.54, 1.807) is 30.3 Å². The predicted octanol–water partition coefficient (Wildman–Crippen LogP) is -0.172. The summed E-state index contributed by atoms with van der Waals surface area (Å²) in [5, 5.41) is 38.0. The quantitative estimate of drug-likeness (QED) is 0.570. The first-order chi connectivity index (χ1) is 9.48. The highest BCUT2D eigenvalue weighted by atomic mass is 31.2. The van der Waals surface area contributed by atoms with Crippen molar-refractivity contribution in [2.45, 2.75) is 30.8 Å². The summed E-state index contributed by atoms with van der Waals surface area (Å²) >= 11 is 0. The van der Waals surface area contributed by atoms with E-state index in [1.165, 1.54) is 0 Å². The second-order valence-electron chi connectivity index (χ2n) is 4.52. The lowest BCUT2D eigenvalue weighted by atomic mass is 10.1. The summed E-state index contributed by atoms with van der Waals surface area (Å²) in [5.74, 6) is -1.86. The first-order valence-corrected chi connectivity index (χ1v) is 7.71. The Hall–Kier alpha value is -0.790. The molecule has 20 heavy (non-hydrogen) atoms. The summed E-state index contributed by atoms with van der Waals surface area (Å²) in [6.45, 7) is -0.736. The van der Waals surface area contributed by atoms with Crippen LogP contribution in [0.5, 0.6) is 0 Å². The van der Waals surface area contributed by atoms with Crippen LogP contribution in [-0.4, -0.2) is 51.2 Å². The average Bonchev–Trinajstić information content (AvgIpc) is 2.48. The monoisotopic (exact) mass is 304 g/mol. The van der Waals surface area contributed by atoms with Gasteiger partial charge in [-0.05, 0) is 5.56 Å². The molecule has 5 atom stereocenters. The molecule has 1 aliphatic rings. The van der Waals surface area contributed by atoms with Crippen molar-refractivity contribution in [3.63, 3.8) is 0 Å². The number of aliphatic hydroxyl groups excluding tert-OH is 4. The maximum atomic E-state index is 12.4. The van der Waals surface area contributed by atoms with Gasteiger partial charge in [-0.15, -0.1) is 0 Å². The van der Waals surface area contributed by atoms with Crippen molar-refractivity contribution in [3.8, 4) is 0 Å². The topological polar surface area (TPSA) is 116 Å². The number of benzene rings is 1. The Balaban J connectivity index is 2.10. The molecule has 1 aromatic carbocycles. The zero-order valence-corrected chi connectivity index (χ0v) is 11.5. The maximum Gasteiger partial charge on any atom is 0.362 e. The van der Waals surface area contributed by atoms with Gasteiger partial charge in [0, 0.05) is 0 Å². The summed E-state index contributed by atoms with van der Waals surface area (Å²) in [5.41, 5.74) is 0.708. The Morgan fingerprint density at radius 3 is 2.40 bits per heavy atom. The van der Waals surface area contributed by atoms with Crippen LogP contribution in [0.1, 0.15) is 5.56 Å². The van der Waals surface area contributed by atoms with Gasteiger partial charge in [0.05, 0.1) is 13.2 Å². The first kappa shape index (κ1) is 15.6. The van der Waals surface area contributed by atoms with Gasteiger partial charge in [0.15, 0.2) is 5.85 Å².